The average Bonchev–Trinajstić information content (AvgIpc) is 2.90. The van der Waals surface area contributed by atoms with Gasteiger partial charge in [0.2, 0.25) is 0 Å². The van der Waals surface area contributed by atoms with Crippen molar-refractivity contribution in [2.75, 3.05) is 0 Å². The fraction of sp³-hybridized carbons (Fsp3) is 0.769. The van der Waals surface area contributed by atoms with Gasteiger partial charge < -0.3 is 9.84 Å². The Hall–Kier alpha value is -0.830. The quantitative estimate of drug-likeness (QED) is 0.729. The van der Waals surface area contributed by atoms with Gasteiger partial charge >= 0.3 is 5.97 Å². The van der Waals surface area contributed by atoms with Gasteiger partial charge in [-0.1, -0.05) is 18.6 Å². The molecule has 3 nitrogen and oxygen atoms in total. The second-order valence-corrected chi connectivity index (χ2v) is 5.41. The molecule has 4 atom stereocenters. The molecule has 3 rings (SSSR count). The van der Waals surface area contributed by atoms with Gasteiger partial charge in [-0.25, -0.2) is 0 Å². The minimum Gasteiger partial charge on any atom is -0.481 e. The number of rotatable bonds is 2. The van der Waals surface area contributed by atoms with Crippen LogP contribution in [-0.2, 0) is 9.53 Å². The summed E-state index contributed by atoms with van der Waals surface area (Å²) in [4.78, 5) is 11.1. The summed E-state index contributed by atoms with van der Waals surface area (Å²) in [5.74, 6) is -0.353. The van der Waals surface area contributed by atoms with E-state index in [9.17, 15) is 4.79 Å². The van der Waals surface area contributed by atoms with Crippen LogP contribution in [-0.4, -0.2) is 22.8 Å². The highest BCUT2D eigenvalue weighted by atomic mass is 16.5. The van der Waals surface area contributed by atoms with Crippen molar-refractivity contribution >= 4 is 5.97 Å². The summed E-state index contributed by atoms with van der Waals surface area (Å²) in [6.07, 6.45) is 10.7. The number of carbonyl (C=O) groups is 1. The first-order valence-electron chi connectivity index (χ1n) is 6.30. The first-order chi connectivity index (χ1) is 7.70. The zero-order valence-corrected chi connectivity index (χ0v) is 9.39. The molecule has 2 bridgehead atoms. The standard InChI is InChI=1S/C13H18O3/c14-12(15)9-2-1-3-10(8-9)13-6-4-11(16-13)5-7-13/h4,6,9-11H,1-3,5,7-8H2,(H,14,15). The molecule has 0 spiro atoms. The number of carboxylic acids is 1. The van der Waals surface area contributed by atoms with Crippen LogP contribution in [0.15, 0.2) is 12.2 Å². The molecule has 0 aromatic rings. The van der Waals surface area contributed by atoms with Gasteiger partial charge in [0, 0.05) is 0 Å². The first kappa shape index (κ1) is 10.3. The van der Waals surface area contributed by atoms with Gasteiger partial charge in [-0.3, -0.25) is 4.79 Å². The van der Waals surface area contributed by atoms with Crippen LogP contribution < -0.4 is 0 Å². The molecule has 0 aromatic carbocycles. The van der Waals surface area contributed by atoms with Gasteiger partial charge in [-0.2, -0.15) is 0 Å². The molecule has 2 aliphatic heterocycles. The normalized spacial score (nSPS) is 46.1. The zero-order chi connectivity index (χ0) is 11.2. The van der Waals surface area contributed by atoms with E-state index in [-0.39, 0.29) is 11.5 Å². The first-order valence-corrected chi connectivity index (χ1v) is 6.30. The molecule has 0 amide bonds. The lowest BCUT2D eigenvalue weighted by atomic mass is 9.71. The molecular weight excluding hydrogens is 204 g/mol. The van der Waals surface area contributed by atoms with Crippen LogP contribution in [0.25, 0.3) is 0 Å². The highest BCUT2D eigenvalue weighted by Gasteiger charge is 2.49. The molecule has 16 heavy (non-hydrogen) atoms. The highest BCUT2D eigenvalue weighted by molar-refractivity contribution is 5.70. The van der Waals surface area contributed by atoms with Gasteiger partial charge in [0.25, 0.3) is 0 Å². The Labute approximate surface area is 95.5 Å². The SMILES string of the molecule is O=C(O)C1CCCC(C23C=CC(CC2)O3)C1. The average molecular weight is 222 g/mol. The third-order valence-corrected chi connectivity index (χ3v) is 4.50. The molecule has 1 N–H and O–H groups in total. The fourth-order valence-electron chi connectivity index (χ4n) is 3.59. The van der Waals surface area contributed by atoms with Gasteiger partial charge in [0.05, 0.1) is 17.6 Å². The van der Waals surface area contributed by atoms with E-state index in [2.05, 4.69) is 12.2 Å². The third-order valence-electron chi connectivity index (χ3n) is 4.50. The molecule has 2 heterocycles. The van der Waals surface area contributed by atoms with Crippen LogP contribution in [0.3, 0.4) is 0 Å². The Balaban J connectivity index is 1.75. The van der Waals surface area contributed by atoms with E-state index < -0.39 is 5.97 Å². The summed E-state index contributed by atoms with van der Waals surface area (Å²) in [5, 5.41) is 9.11. The highest BCUT2D eigenvalue weighted by Crippen LogP contribution is 2.49. The maximum absolute atomic E-state index is 11.1. The van der Waals surface area contributed by atoms with Crippen LogP contribution in [0.4, 0.5) is 0 Å². The molecular formula is C13H18O3. The van der Waals surface area contributed by atoms with Crippen molar-refractivity contribution in [3.8, 4) is 0 Å². The van der Waals surface area contributed by atoms with Crippen molar-refractivity contribution < 1.29 is 14.6 Å². The lowest BCUT2D eigenvalue weighted by molar-refractivity contribution is -0.144. The predicted molar refractivity (Wildman–Crippen MR) is 59.1 cm³/mol. The largest absolute Gasteiger partial charge is 0.481 e. The smallest absolute Gasteiger partial charge is 0.306 e. The number of ether oxygens (including phenoxy) is 1. The molecule has 1 saturated carbocycles. The Bertz CT molecular complexity index is 336. The molecule has 3 heteroatoms. The lowest BCUT2D eigenvalue weighted by Crippen LogP contribution is -2.38. The van der Waals surface area contributed by atoms with Crippen molar-refractivity contribution in [2.24, 2.45) is 11.8 Å². The van der Waals surface area contributed by atoms with Crippen molar-refractivity contribution in [3.05, 3.63) is 12.2 Å². The molecule has 1 aliphatic carbocycles. The van der Waals surface area contributed by atoms with Crippen LogP contribution >= 0.6 is 0 Å². The number of hydrogen-bond donors (Lipinski definition) is 1. The summed E-state index contributed by atoms with van der Waals surface area (Å²) < 4.78 is 6.02. The van der Waals surface area contributed by atoms with Gasteiger partial charge in [0.1, 0.15) is 0 Å². The minimum absolute atomic E-state index is 0.0984. The number of aliphatic carboxylic acids is 1. The Kier molecular flexibility index (Phi) is 2.32. The lowest BCUT2D eigenvalue weighted by Gasteiger charge is -2.37. The molecule has 1 saturated heterocycles. The molecule has 4 unspecified atom stereocenters. The van der Waals surface area contributed by atoms with Crippen LogP contribution in [0.5, 0.6) is 0 Å². The van der Waals surface area contributed by atoms with E-state index in [4.69, 9.17) is 9.84 Å². The Morgan fingerprint density at radius 1 is 1.38 bits per heavy atom. The third kappa shape index (κ3) is 1.49. The summed E-state index contributed by atoms with van der Waals surface area (Å²) in [7, 11) is 0. The molecule has 0 radical (unpaired) electrons. The summed E-state index contributed by atoms with van der Waals surface area (Å²) in [6, 6.07) is 0. The van der Waals surface area contributed by atoms with E-state index >= 15 is 0 Å². The van der Waals surface area contributed by atoms with Crippen LogP contribution in [0.1, 0.15) is 38.5 Å². The zero-order valence-electron chi connectivity index (χ0n) is 9.39. The van der Waals surface area contributed by atoms with E-state index in [0.29, 0.717) is 12.0 Å². The van der Waals surface area contributed by atoms with E-state index in [1.54, 1.807) is 0 Å². The van der Waals surface area contributed by atoms with Crippen molar-refractivity contribution in [2.45, 2.75) is 50.2 Å². The molecule has 88 valence electrons. The Morgan fingerprint density at radius 3 is 2.81 bits per heavy atom. The maximum Gasteiger partial charge on any atom is 0.306 e. The Morgan fingerprint density at radius 2 is 2.25 bits per heavy atom. The van der Waals surface area contributed by atoms with Crippen molar-refractivity contribution in [1.29, 1.82) is 0 Å². The van der Waals surface area contributed by atoms with E-state index in [1.165, 1.54) is 0 Å². The summed E-state index contributed by atoms with van der Waals surface area (Å²) in [5.41, 5.74) is -0.0984. The van der Waals surface area contributed by atoms with Crippen LogP contribution in [0, 0.1) is 11.8 Å². The van der Waals surface area contributed by atoms with Crippen molar-refractivity contribution in [3.63, 3.8) is 0 Å². The van der Waals surface area contributed by atoms with Gasteiger partial charge in [-0.15, -0.1) is 0 Å². The second-order valence-electron chi connectivity index (χ2n) is 5.41. The molecule has 3 aliphatic rings. The van der Waals surface area contributed by atoms with Crippen LogP contribution in [0.2, 0.25) is 0 Å². The number of carboxylic acid groups (broad SMARTS) is 1. The van der Waals surface area contributed by atoms with E-state index in [1.807, 2.05) is 0 Å². The maximum atomic E-state index is 11.1. The van der Waals surface area contributed by atoms with Crippen molar-refractivity contribution in [1.82, 2.24) is 0 Å². The molecule has 0 aromatic heterocycles. The summed E-state index contributed by atoms with van der Waals surface area (Å²) in [6.45, 7) is 0. The fourth-order valence-corrected chi connectivity index (χ4v) is 3.59. The minimum atomic E-state index is -0.627. The molecule has 2 fully saturated rings. The van der Waals surface area contributed by atoms with E-state index in [0.717, 1.165) is 38.5 Å². The monoisotopic (exact) mass is 222 g/mol. The van der Waals surface area contributed by atoms with Gasteiger partial charge in [-0.05, 0) is 38.0 Å². The number of hydrogen-bond acceptors (Lipinski definition) is 2. The predicted octanol–water partition coefficient (Wildman–Crippen LogP) is 2.37. The van der Waals surface area contributed by atoms with Gasteiger partial charge in [0.15, 0.2) is 0 Å². The number of fused-ring (bicyclic) bond motifs is 2. The summed E-state index contributed by atoms with van der Waals surface area (Å²) >= 11 is 0. The topological polar surface area (TPSA) is 46.5 Å². The second kappa shape index (κ2) is 3.59.